The number of rotatable bonds is 8. The number of para-hydroxylation sites is 1. The molecule has 18 heavy (non-hydrogen) atoms. The first-order valence-corrected chi connectivity index (χ1v) is 6.34. The van der Waals surface area contributed by atoms with Crippen LogP contribution in [-0.4, -0.2) is 40.5 Å². The van der Waals surface area contributed by atoms with E-state index in [0.29, 0.717) is 32.0 Å². The third kappa shape index (κ3) is 4.12. The van der Waals surface area contributed by atoms with Crippen LogP contribution in [0.25, 0.3) is 0 Å². The van der Waals surface area contributed by atoms with Gasteiger partial charge in [0.05, 0.1) is 18.9 Å². The van der Waals surface area contributed by atoms with Crippen LogP contribution in [-0.2, 0) is 15.4 Å². The van der Waals surface area contributed by atoms with Gasteiger partial charge in [-0.2, -0.15) is 0 Å². The van der Waals surface area contributed by atoms with Gasteiger partial charge >= 0.3 is 0 Å². The van der Waals surface area contributed by atoms with E-state index in [4.69, 9.17) is 21.1 Å². The van der Waals surface area contributed by atoms with Crippen molar-refractivity contribution in [3.63, 3.8) is 0 Å². The van der Waals surface area contributed by atoms with Gasteiger partial charge in [0.25, 0.3) is 0 Å². The molecule has 0 atom stereocenters. The summed E-state index contributed by atoms with van der Waals surface area (Å²) < 4.78 is 24.1. The summed E-state index contributed by atoms with van der Waals surface area (Å²) in [7, 11) is 3.25. The van der Waals surface area contributed by atoms with Crippen molar-refractivity contribution in [2.75, 3.05) is 45.4 Å². The lowest BCUT2D eigenvalue weighted by Gasteiger charge is -2.26. The zero-order chi connectivity index (χ0) is 13.4. The van der Waals surface area contributed by atoms with Crippen molar-refractivity contribution >= 4 is 17.3 Å². The van der Waals surface area contributed by atoms with Crippen molar-refractivity contribution in [3.05, 3.63) is 29.6 Å². The minimum Gasteiger partial charge on any atom is -0.383 e. The smallest absolute Gasteiger partial charge is 0.146 e. The molecule has 0 aliphatic carbocycles. The van der Waals surface area contributed by atoms with E-state index in [0.717, 1.165) is 5.56 Å². The molecule has 1 rings (SSSR count). The summed E-state index contributed by atoms with van der Waals surface area (Å²) in [4.78, 5) is 1.90. The molecule has 0 spiro atoms. The van der Waals surface area contributed by atoms with Crippen LogP contribution >= 0.6 is 11.6 Å². The molecule has 0 unspecified atom stereocenters. The lowest BCUT2D eigenvalue weighted by atomic mass is 10.1. The Labute approximate surface area is 112 Å². The second kappa shape index (κ2) is 8.29. The number of methoxy groups -OCH3 is 2. The summed E-state index contributed by atoms with van der Waals surface area (Å²) >= 11 is 5.86. The molecule has 0 N–H and O–H groups in total. The lowest BCUT2D eigenvalue weighted by Crippen LogP contribution is -2.32. The quantitative estimate of drug-likeness (QED) is 0.681. The number of hydrogen-bond acceptors (Lipinski definition) is 3. The summed E-state index contributed by atoms with van der Waals surface area (Å²) in [6, 6.07) is 4.94. The van der Waals surface area contributed by atoms with Gasteiger partial charge in [0, 0.05) is 33.2 Å². The molecule has 102 valence electrons. The number of hydrogen-bond donors (Lipinski definition) is 0. The van der Waals surface area contributed by atoms with E-state index in [2.05, 4.69) is 0 Å². The SMILES string of the molecule is COCCN(CCOC)c1c(F)cccc1CCl. The van der Waals surface area contributed by atoms with Gasteiger partial charge in [-0.25, -0.2) is 4.39 Å². The molecule has 0 bridgehead atoms. The van der Waals surface area contributed by atoms with E-state index >= 15 is 0 Å². The molecule has 0 aliphatic heterocycles. The summed E-state index contributed by atoms with van der Waals surface area (Å²) in [6.07, 6.45) is 0. The van der Waals surface area contributed by atoms with E-state index in [1.54, 1.807) is 20.3 Å². The largest absolute Gasteiger partial charge is 0.383 e. The molecule has 0 amide bonds. The van der Waals surface area contributed by atoms with Crippen LogP contribution in [0.5, 0.6) is 0 Å². The Morgan fingerprint density at radius 3 is 2.28 bits per heavy atom. The molecule has 0 heterocycles. The van der Waals surface area contributed by atoms with Crippen LogP contribution in [0.1, 0.15) is 5.56 Å². The molecule has 0 radical (unpaired) electrons. The highest BCUT2D eigenvalue weighted by molar-refractivity contribution is 6.17. The maximum atomic E-state index is 14.0. The molecule has 3 nitrogen and oxygen atoms in total. The molecule has 0 aromatic heterocycles. The molecule has 0 fully saturated rings. The monoisotopic (exact) mass is 275 g/mol. The Bertz CT molecular complexity index is 355. The molecular weight excluding hydrogens is 257 g/mol. The van der Waals surface area contributed by atoms with Gasteiger partial charge in [-0.05, 0) is 11.6 Å². The number of ether oxygens (including phenoxy) is 2. The van der Waals surface area contributed by atoms with Crippen LogP contribution in [0.3, 0.4) is 0 Å². The number of benzene rings is 1. The summed E-state index contributed by atoms with van der Waals surface area (Å²) in [5, 5.41) is 0. The minimum absolute atomic E-state index is 0.264. The fourth-order valence-electron chi connectivity index (χ4n) is 1.76. The number of halogens is 2. The summed E-state index contributed by atoms with van der Waals surface area (Å²) in [5.41, 5.74) is 1.32. The Morgan fingerprint density at radius 1 is 1.17 bits per heavy atom. The second-order valence-electron chi connectivity index (χ2n) is 3.85. The zero-order valence-electron chi connectivity index (χ0n) is 10.8. The van der Waals surface area contributed by atoms with Crippen molar-refractivity contribution in [2.45, 2.75) is 5.88 Å². The molecule has 1 aromatic rings. The standard InChI is InChI=1S/C13H19ClFNO2/c1-17-8-6-16(7-9-18-2)13-11(10-14)4-3-5-12(13)15/h3-5H,6-10H2,1-2H3. The Morgan fingerprint density at radius 2 is 1.78 bits per heavy atom. The molecule has 1 aromatic carbocycles. The third-order valence-electron chi connectivity index (χ3n) is 2.66. The van der Waals surface area contributed by atoms with E-state index in [-0.39, 0.29) is 11.7 Å². The van der Waals surface area contributed by atoms with Gasteiger partial charge in [0.1, 0.15) is 5.82 Å². The first-order valence-electron chi connectivity index (χ1n) is 5.80. The first-order chi connectivity index (χ1) is 8.74. The highest BCUT2D eigenvalue weighted by Gasteiger charge is 2.15. The Hall–Kier alpha value is -0.840. The highest BCUT2D eigenvalue weighted by Crippen LogP contribution is 2.25. The maximum Gasteiger partial charge on any atom is 0.146 e. The number of anilines is 1. The van der Waals surface area contributed by atoms with Crippen LogP contribution < -0.4 is 4.90 Å². The summed E-state index contributed by atoms with van der Waals surface area (Å²) in [6.45, 7) is 2.26. The fraction of sp³-hybridized carbons (Fsp3) is 0.538. The van der Waals surface area contributed by atoms with Gasteiger partial charge < -0.3 is 14.4 Å². The zero-order valence-corrected chi connectivity index (χ0v) is 11.5. The van der Waals surface area contributed by atoms with E-state index in [9.17, 15) is 4.39 Å². The number of alkyl halides is 1. The van der Waals surface area contributed by atoms with Crippen molar-refractivity contribution in [2.24, 2.45) is 0 Å². The van der Waals surface area contributed by atoms with E-state index < -0.39 is 0 Å². The van der Waals surface area contributed by atoms with E-state index in [1.165, 1.54) is 6.07 Å². The average Bonchev–Trinajstić information content (AvgIpc) is 2.39. The normalized spacial score (nSPS) is 10.7. The van der Waals surface area contributed by atoms with Crippen LogP contribution in [0, 0.1) is 5.82 Å². The van der Waals surface area contributed by atoms with Gasteiger partial charge in [-0.3, -0.25) is 0 Å². The van der Waals surface area contributed by atoms with Gasteiger partial charge in [0.2, 0.25) is 0 Å². The highest BCUT2D eigenvalue weighted by atomic mass is 35.5. The van der Waals surface area contributed by atoms with Gasteiger partial charge in [-0.15, -0.1) is 11.6 Å². The molecule has 0 saturated heterocycles. The lowest BCUT2D eigenvalue weighted by molar-refractivity contribution is 0.190. The molecule has 0 saturated carbocycles. The third-order valence-corrected chi connectivity index (χ3v) is 2.95. The van der Waals surface area contributed by atoms with Crippen molar-refractivity contribution < 1.29 is 13.9 Å². The predicted octanol–water partition coefficient (Wildman–Crippen LogP) is 2.66. The van der Waals surface area contributed by atoms with Crippen LogP contribution in [0.15, 0.2) is 18.2 Å². The first kappa shape index (κ1) is 15.2. The Balaban J connectivity index is 2.94. The Kier molecular flexibility index (Phi) is 7.01. The minimum atomic E-state index is -0.264. The van der Waals surface area contributed by atoms with Crippen LogP contribution in [0.2, 0.25) is 0 Å². The van der Waals surface area contributed by atoms with Crippen molar-refractivity contribution in [1.82, 2.24) is 0 Å². The molecule has 0 aliphatic rings. The van der Waals surface area contributed by atoms with Gasteiger partial charge in [-0.1, -0.05) is 12.1 Å². The fourth-order valence-corrected chi connectivity index (χ4v) is 1.98. The average molecular weight is 276 g/mol. The number of nitrogens with zero attached hydrogens (tertiary/aromatic N) is 1. The second-order valence-corrected chi connectivity index (χ2v) is 4.12. The van der Waals surface area contributed by atoms with E-state index in [1.807, 2.05) is 11.0 Å². The van der Waals surface area contributed by atoms with Crippen molar-refractivity contribution in [3.8, 4) is 0 Å². The predicted molar refractivity (Wildman–Crippen MR) is 71.9 cm³/mol. The maximum absolute atomic E-state index is 14.0. The van der Waals surface area contributed by atoms with Crippen LogP contribution in [0.4, 0.5) is 10.1 Å². The van der Waals surface area contributed by atoms with Crippen molar-refractivity contribution in [1.29, 1.82) is 0 Å². The molecule has 5 heteroatoms. The summed E-state index contributed by atoms with van der Waals surface area (Å²) in [5.74, 6) is 0.0177. The van der Waals surface area contributed by atoms with Gasteiger partial charge in [0.15, 0.2) is 0 Å². The topological polar surface area (TPSA) is 21.7 Å². The molecular formula is C13H19ClFNO2.